The topological polar surface area (TPSA) is 52.3 Å². The number of esters is 1. The predicted octanol–water partition coefficient (Wildman–Crippen LogP) is 3.28. The molecule has 1 aromatic heterocycles. The van der Waals surface area contributed by atoms with Gasteiger partial charge in [0, 0.05) is 11.4 Å². The van der Waals surface area contributed by atoms with Crippen molar-refractivity contribution in [3.8, 4) is 0 Å². The van der Waals surface area contributed by atoms with Crippen molar-refractivity contribution in [2.75, 3.05) is 0 Å². The molecule has 6 heteroatoms. The summed E-state index contributed by atoms with van der Waals surface area (Å²) in [6.45, 7) is 1.88. The molecular weight excluding hydrogens is 274 g/mol. The monoisotopic (exact) mass is 283 g/mol. The van der Waals surface area contributed by atoms with E-state index in [1.165, 1.54) is 11.8 Å². The molecule has 1 fully saturated rings. The van der Waals surface area contributed by atoms with Gasteiger partial charge in [0.05, 0.1) is 0 Å². The molecule has 0 unspecified atom stereocenters. The second-order valence-electron chi connectivity index (χ2n) is 4.18. The first-order valence-electron chi connectivity index (χ1n) is 5.55. The van der Waals surface area contributed by atoms with Crippen LogP contribution in [0.15, 0.2) is 27.8 Å². The zero-order valence-corrected chi connectivity index (χ0v) is 11.1. The molecule has 0 spiro atoms. The molecule has 0 saturated carbocycles. The normalized spacial score (nSPS) is 23.6. The standard InChI is InChI=1S/C12H10ClNO3S/c1-6-4-10(11(15)16-6)18-12-14-8-5-7(13)2-3-9(8)17-12/h2-3,5-6,10H,4H2,1H3/t6-,10-/m1/s1. The van der Waals surface area contributed by atoms with E-state index in [1.807, 2.05) is 6.92 Å². The van der Waals surface area contributed by atoms with Gasteiger partial charge in [-0.3, -0.25) is 4.79 Å². The number of carbonyl (C=O) groups is 1. The largest absolute Gasteiger partial charge is 0.462 e. The molecule has 1 aliphatic rings. The molecule has 2 aromatic rings. The Hall–Kier alpha value is -1.20. The average Bonchev–Trinajstić information content (AvgIpc) is 2.82. The summed E-state index contributed by atoms with van der Waals surface area (Å²) >= 11 is 7.18. The summed E-state index contributed by atoms with van der Waals surface area (Å²) in [6.07, 6.45) is 0.650. The lowest BCUT2D eigenvalue weighted by Crippen LogP contribution is -2.09. The van der Waals surface area contributed by atoms with Crippen molar-refractivity contribution < 1.29 is 13.9 Å². The van der Waals surface area contributed by atoms with Crippen LogP contribution in [0.25, 0.3) is 11.1 Å². The fraction of sp³-hybridized carbons (Fsp3) is 0.333. The van der Waals surface area contributed by atoms with Gasteiger partial charge >= 0.3 is 5.97 Å². The van der Waals surface area contributed by atoms with Crippen LogP contribution in [0.5, 0.6) is 0 Å². The number of nitrogens with zero attached hydrogens (tertiary/aromatic N) is 1. The van der Waals surface area contributed by atoms with E-state index in [2.05, 4.69) is 4.98 Å². The Labute approximate surface area is 113 Å². The first-order chi connectivity index (χ1) is 8.61. The number of aromatic nitrogens is 1. The second kappa shape index (κ2) is 4.48. The minimum Gasteiger partial charge on any atom is -0.462 e. The number of hydrogen-bond donors (Lipinski definition) is 0. The molecule has 1 saturated heterocycles. The van der Waals surface area contributed by atoms with Crippen LogP contribution in [0, 0.1) is 0 Å². The Morgan fingerprint density at radius 2 is 2.33 bits per heavy atom. The van der Waals surface area contributed by atoms with Gasteiger partial charge in [-0.2, -0.15) is 0 Å². The van der Waals surface area contributed by atoms with Crippen molar-refractivity contribution in [2.24, 2.45) is 0 Å². The highest BCUT2D eigenvalue weighted by Gasteiger charge is 2.34. The number of benzene rings is 1. The van der Waals surface area contributed by atoms with E-state index in [0.717, 1.165) is 0 Å². The number of cyclic esters (lactones) is 1. The van der Waals surface area contributed by atoms with E-state index in [4.69, 9.17) is 20.8 Å². The quantitative estimate of drug-likeness (QED) is 0.792. The van der Waals surface area contributed by atoms with Crippen molar-refractivity contribution in [1.82, 2.24) is 4.98 Å². The third-order valence-electron chi connectivity index (χ3n) is 2.70. The van der Waals surface area contributed by atoms with E-state index >= 15 is 0 Å². The average molecular weight is 284 g/mol. The van der Waals surface area contributed by atoms with E-state index in [0.29, 0.717) is 27.8 Å². The van der Waals surface area contributed by atoms with Crippen LogP contribution < -0.4 is 0 Å². The fourth-order valence-corrected chi connectivity index (χ4v) is 3.09. The Morgan fingerprint density at radius 1 is 1.50 bits per heavy atom. The lowest BCUT2D eigenvalue weighted by molar-refractivity contribution is -0.140. The van der Waals surface area contributed by atoms with Crippen LogP contribution in [-0.4, -0.2) is 22.3 Å². The Kier molecular flexibility index (Phi) is 2.95. The van der Waals surface area contributed by atoms with Gasteiger partial charge in [-0.05, 0) is 25.1 Å². The first kappa shape index (κ1) is 11.9. The summed E-state index contributed by atoms with van der Waals surface area (Å²) in [7, 11) is 0. The van der Waals surface area contributed by atoms with Crippen molar-refractivity contribution in [1.29, 1.82) is 0 Å². The molecule has 2 atom stereocenters. The first-order valence-corrected chi connectivity index (χ1v) is 6.81. The molecule has 0 N–H and O–H groups in total. The SMILES string of the molecule is C[C@@H]1C[C@@H](Sc2nc3cc(Cl)ccc3o2)C(=O)O1. The third kappa shape index (κ3) is 2.20. The van der Waals surface area contributed by atoms with Gasteiger partial charge < -0.3 is 9.15 Å². The molecule has 18 heavy (non-hydrogen) atoms. The molecule has 1 aromatic carbocycles. The lowest BCUT2D eigenvalue weighted by atomic mass is 10.3. The van der Waals surface area contributed by atoms with Crippen molar-refractivity contribution >= 4 is 40.4 Å². The number of halogens is 1. The predicted molar refractivity (Wildman–Crippen MR) is 68.8 cm³/mol. The number of rotatable bonds is 2. The van der Waals surface area contributed by atoms with Gasteiger partial charge in [-0.15, -0.1) is 0 Å². The van der Waals surface area contributed by atoms with Crippen LogP contribution in [0.4, 0.5) is 0 Å². The number of thioether (sulfide) groups is 1. The summed E-state index contributed by atoms with van der Waals surface area (Å²) in [5, 5.41) is 0.855. The van der Waals surface area contributed by atoms with Gasteiger partial charge in [0.15, 0.2) is 5.58 Å². The van der Waals surface area contributed by atoms with Crippen molar-refractivity contribution in [3.05, 3.63) is 23.2 Å². The third-order valence-corrected chi connectivity index (χ3v) is 3.98. The zero-order chi connectivity index (χ0) is 12.7. The molecule has 0 bridgehead atoms. The highest BCUT2D eigenvalue weighted by Crippen LogP contribution is 2.33. The minimum atomic E-state index is -0.233. The molecule has 0 aliphatic carbocycles. The van der Waals surface area contributed by atoms with Crippen LogP contribution in [0.1, 0.15) is 13.3 Å². The van der Waals surface area contributed by atoms with Gasteiger partial charge in [0.1, 0.15) is 16.9 Å². The van der Waals surface area contributed by atoms with E-state index in [9.17, 15) is 4.79 Å². The number of carbonyl (C=O) groups excluding carboxylic acids is 1. The molecule has 3 rings (SSSR count). The lowest BCUT2D eigenvalue weighted by Gasteiger charge is -1.99. The molecule has 2 heterocycles. The summed E-state index contributed by atoms with van der Waals surface area (Å²) in [5.74, 6) is -0.201. The maximum absolute atomic E-state index is 11.5. The number of ether oxygens (including phenoxy) is 1. The molecule has 4 nitrogen and oxygen atoms in total. The van der Waals surface area contributed by atoms with Crippen LogP contribution in [0.2, 0.25) is 5.02 Å². The Balaban J connectivity index is 1.85. The van der Waals surface area contributed by atoms with E-state index in [1.54, 1.807) is 18.2 Å². The molecular formula is C12H10ClNO3S. The van der Waals surface area contributed by atoms with Gasteiger partial charge in [-0.25, -0.2) is 4.98 Å². The summed E-state index contributed by atoms with van der Waals surface area (Å²) in [4.78, 5) is 15.8. The maximum atomic E-state index is 11.5. The molecule has 94 valence electrons. The Morgan fingerprint density at radius 3 is 3.06 bits per heavy atom. The van der Waals surface area contributed by atoms with E-state index in [-0.39, 0.29) is 17.3 Å². The van der Waals surface area contributed by atoms with Crippen molar-refractivity contribution in [2.45, 2.75) is 29.9 Å². The number of fused-ring (bicyclic) bond motifs is 1. The van der Waals surface area contributed by atoms with Gasteiger partial charge in [0.25, 0.3) is 5.22 Å². The molecule has 0 amide bonds. The second-order valence-corrected chi connectivity index (χ2v) is 5.77. The molecule has 0 radical (unpaired) electrons. The number of hydrogen-bond acceptors (Lipinski definition) is 5. The number of oxazole rings is 1. The highest BCUT2D eigenvalue weighted by molar-refractivity contribution is 8.00. The summed E-state index contributed by atoms with van der Waals surface area (Å²) in [5.41, 5.74) is 1.37. The summed E-state index contributed by atoms with van der Waals surface area (Å²) < 4.78 is 10.6. The fourth-order valence-electron chi connectivity index (χ4n) is 1.87. The van der Waals surface area contributed by atoms with Gasteiger partial charge in [-0.1, -0.05) is 23.4 Å². The molecule has 1 aliphatic heterocycles. The highest BCUT2D eigenvalue weighted by atomic mass is 35.5. The van der Waals surface area contributed by atoms with Crippen molar-refractivity contribution in [3.63, 3.8) is 0 Å². The van der Waals surface area contributed by atoms with Crippen LogP contribution in [-0.2, 0) is 9.53 Å². The smallest absolute Gasteiger partial charge is 0.320 e. The Bertz CT molecular complexity index is 612. The minimum absolute atomic E-state index is 0.0335. The van der Waals surface area contributed by atoms with Crippen LogP contribution in [0.3, 0.4) is 0 Å². The summed E-state index contributed by atoms with van der Waals surface area (Å²) in [6, 6.07) is 5.25. The van der Waals surface area contributed by atoms with E-state index < -0.39 is 0 Å². The zero-order valence-electron chi connectivity index (χ0n) is 9.55. The maximum Gasteiger partial charge on any atom is 0.320 e. The van der Waals surface area contributed by atoms with Gasteiger partial charge in [0.2, 0.25) is 0 Å². The van der Waals surface area contributed by atoms with Crippen LogP contribution >= 0.6 is 23.4 Å².